The number of nitrogen functional groups attached to an aromatic ring is 1. The maximum absolute atomic E-state index is 13.9. The lowest BCUT2D eigenvalue weighted by atomic mass is 10.1. The maximum atomic E-state index is 13.9. The van der Waals surface area contributed by atoms with Gasteiger partial charge in [0, 0.05) is 12.1 Å². The number of carbonyl (C=O) groups is 1. The summed E-state index contributed by atoms with van der Waals surface area (Å²) >= 11 is 0. The molecule has 1 saturated carbocycles. The van der Waals surface area contributed by atoms with Crippen molar-refractivity contribution in [3.63, 3.8) is 0 Å². The Kier molecular flexibility index (Phi) is 5.65. The molecule has 0 radical (unpaired) electrons. The van der Waals surface area contributed by atoms with Crippen molar-refractivity contribution < 1.29 is 27.1 Å². The molecule has 192 valence electrons. The summed E-state index contributed by atoms with van der Waals surface area (Å²) in [5.41, 5.74) is 3.72. The third kappa shape index (κ3) is 4.05. The lowest BCUT2D eigenvalue weighted by molar-refractivity contribution is -0.181. The van der Waals surface area contributed by atoms with Crippen LogP contribution in [-0.4, -0.2) is 39.2 Å². The number of aromatic amines is 1. The molecule has 13 heteroatoms. The Morgan fingerprint density at radius 2 is 1.92 bits per heavy atom. The second kappa shape index (κ2) is 8.61. The number of hydrogen-bond acceptors (Lipinski definition) is 6. The zero-order valence-electron chi connectivity index (χ0n) is 19.3. The number of methoxy groups -OCH3 is 1. The molecule has 0 aliphatic heterocycles. The molecule has 4 N–H and O–H groups in total. The van der Waals surface area contributed by atoms with Crippen LogP contribution in [0.5, 0.6) is 5.75 Å². The second-order valence-electron chi connectivity index (χ2n) is 8.68. The molecule has 2 aromatic carbocycles. The summed E-state index contributed by atoms with van der Waals surface area (Å²) in [6.07, 6.45) is -5.02. The zero-order chi connectivity index (χ0) is 26.5. The maximum Gasteiger partial charge on any atom is 0.413 e. The van der Waals surface area contributed by atoms with Gasteiger partial charge in [0.1, 0.15) is 22.8 Å². The van der Waals surface area contributed by atoms with E-state index in [9.17, 15) is 27.2 Å². The number of aromatic nitrogens is 4. The predicted molar refractivity (Wildman–Crippen MR) is 125 cm³/mol. The highest BCUT2D eigenvalue weighted by Gasteiger charge is 2.66. The van der Waals surface area contributed by atoms with Crippen molar-refractivity contribution >= 4 is 22.6 Å². The van der Waals surface area contributed by atoms with Crippen molar-refractivity contribution in [1.29, 1.82) is 0 Å². The number of nitrogens with one attached hydrogen (secondary N) is 2. The lowest BCUT2D eigenvalue weighted by Crippen LogP contribution is -2.37. The minimum atomic E-state index is -4.61. The number of fused-ring (bicyclic) bond motifs is 1. The SMILES string of the molecule is COc1ccc(F)cc1C(=O)NCc1ccc(-c2nn(C3(C(F)(F)F)CC3)c3c(=O)[nH]nc(N)c23)cc1. The van der Waals surface area contributed by atoms with Crippen molar-refractivity contribution in [1.82, 2.24) is 25.3 Å². The van der Waals surface area contributed by atoms with Gasteiger partial charge in [0.05, 0.1) is 18.1 Å². The molecular formula is C24H20F4N6O3. The van der Waals surface area contributed by atoms with Crippen LogP contribution in [0.2, 0.25) is 0 Å². The van der Waals surface area contributed by atoms with Crippen LogP contribution in [0.1, 0.15) is 28.8 Å². The average Bonchev–Trinajstić information content (AvgIpc) is 3.59. The number of carbonyl (C=O) groups excluding carboxylic acids is 1. The van der Waals surface area contributed by atoms with Crippen LogP contribution >= 0.6 is 0 Å². The van der Waals surface area contributed by atoms with Gasteiger partial charge in [0.15, 0.2) is 11.4 Å². The Morgan fingerprint density at radius 1 is 1.22 bits per heavy atom. The summed E-state index contributed by atoms with van der Waals surface area (Å²) < 4.78 is 61.0. The van der Waals surface area contributed by atoms with E-state index in [0.717, 1.165) is 10.7 Å². The number of amides is 1. The van der Waals surface area contributed by atoms with Crippen LogP contribution in [0.3, 0.4) is 0 Å². The van der Waals surface area contributed by atoms with Gasteiger partial charge in [-0.1, -0.05) is 24.3 Å². The lowest BCUT2D eigenvalue weighted by Gasteiger charge is -2.20. The summed E-state index contributed by atoms with van der Waals surface area (Å²) in [5.74, 6) is -1.09. The van der Waals surface area contributed by atoms with E-state index in [1.165, 1.54) is 19.2 Å². The molecule has 2 heterocycles. The summed E-state index contributed by atoms with van der Waals surface area (Å²) in [7, 11) is 1.36. The Bertz CT molecular complexity index is 1570. The summed E-state index contributed by atoms with van der Waals surface area (Å²) in [6.45, 7) is 0.0779. The molecule has 0 atom stereocenters. The Balaban J connectivity index is 1.45. The number of benzene rings is 2. The first kappa shape index (κ1) is 24.3. The highest BCUT2D eigenvalue weighted by Crippen LogP contribution is 2.56. The van der Waals surface area contributed by atoms with Gasteiger partial charge in [-0.15, -0.1) is 0 Å². The van der Waals surface area contributed by atoms with E-state index in [-0.39, 0.29) is 53.1 Å². The Labute approximate surface area is 206 Å². The van der Waals surface area contributed by atoms with E-state index in [0.29, 0.717) is 11.1 Å². The fourth-order valence-corrected chi connectivity index (χ4v) is 4.25. The van der Waals surface area contributed by atoms with Crippen LogP contribution in [0, 0.1) is 5.82 Å². The monoisotopic (exact) mass is 516 g/mol. The summed E-state index contributed by atoms with van der Waals surface area (Å²) in [4.78, 5) is 25.0. The van der Waals surface area contributed by atoms with Gasteiger partial charge in [-0.05, 0) is 36.6 Å². The van der Waals surface area contributed by atoms with Gasteiger partial charge in [-0.25, -0.2) is 14.2 Å². The number of hydrogen-bond donors (Lipinski definition) is 3. The van der Waals surface area contributed by atoms with Crippen LogP contribution in [-0.2, 0) is 12.1 Å². The van der Waals surface area contributed by atoms with Crippen LogP contribution in [0.25, 0.3) is 22.2 Å². The fraction of sp³-hybridized carbons (Fsp3) is 0.250. The van der Waals surface area contributed by atoms with E-state index in [2.05, 4.69) is 20.6 Å². The topological polar surface area (TPSA) is 128 Å². The first-order chi connectivity index (χ1) is 17.6. The smallest absolute Gasteiger partial charge is 0.413 e. The first-order valence-electron chi connectivity index (χ1n) is 11.1. The largest absolute Gasteiger partial charge is 0.496 e. The number of nitrogens with zero attached hydrogens (tertiary/aromatic N) is 3. The number of nitrogens with two attached hydrogens (primary N) is 1. The Hall–Kier alpha value is -4.42. The molecule has 1 aliphatic rings. The quantitative estimate of drug-likeness (QED) is 0.337. The second-order valence-corrected chi connectivity index (χ2v) is 8.68. The van der Waals surface area contributed by atoms with E-state index >= 15 is 0 Å². The first-order valence-corrected chi connectivity index (χ1v) is 11.1. The molecule has 2 aromatic heterocycles. The van der Waals surface area contributed by atoms with Gasteiger partial charge in [0.25, 0.3) is 11.5 Å². The van der Waals surface area contributed by atoms with Gasteiger partial charge in [-0.2, -0.15) is 23.4 Å². The highest BCUT2D eigenvalue weighted by atomic mass is 19.4. The molecule has 1 amide bonds. The van der Waals surface area contributed by atoms with Gasteiger partial charge in [0.2, 0.25) is 0 Å². The van der Waals surface area contributed by atoms with E-state index in [1.54, 1.807) is 24.3 Å². The molecule has 0 bridgehead atoms. The van der Waals surface area contributed by atoms with E-state index < -0.39 is 29.0 Å². The zero-order valence-corrected chi connectivity index (χ0v) is 19.3. The molecule has 0 saturated heterocycles. The van der Waals surface area contributed by atoms with Crippen molar-refractivity contribution in [2.24, 2.45) is 0 Å². The molecule has 5 rings (SSSR count). The summed E-state index contributed by atoms with van der Waals surface area (Å²) in [6, 6.07) is 10.0. The van der Waals surface area contributed by atoms with Crippen molar-refractivity contribution in [3.8, 4) is 17.0 Å². The number of halogens is 4. The van der Waals surface area contributed by atoms with Crippen molar-refractivity contribution in [2.45, 2.75) is 31.1 Å². The van der Waals surface area contributed by atoms with Crippen molar-refractivity contribution in [3.05, 3.63) is 69.8 Å². The fourth-order valence-electron chi connectivity index (χ4n) is 4.25. The number of alkyl halides is 3. The molecule has 0 spiro atoms. The minimum Gasteiger partial charge on any atom is -0.496 e. The Morgan fingerprint density at radius 3 is 2.54 bits per heavy atom. The standard InChI is InChI=1S/C24H20F4N6O3/c1-37-16-7-6-14(25)10-15(16)21(35)30-11-12-2-4-13(5-3-12)18-17-19(22(36)32-31-20(17)29)34(33-18)23(8-9-23)24(26,27)28/h2-7,10H,8-9,11H2,1H3,(H2,29,31)(H,30,35)(H,32,36). The number of rotatable bonds is 6. The van der Waals surface area contributed by atoms with Gasteiger partial charge in [-0.3, -0.25) is 9.59 Å². The third-order valence-corrected chi connectivity index (χ3v) is 6.38. The molecule has 9 nitrogen and oxygen atoms in total. The van der Waals surface area contributed by atoms with Gasteiger partial charge < -0.3 is 15.8 Å². The number of ether oxygens (including phenoxy) is 1. The van der Waals surface area contributed by atoms with Crippen LogP contribution in [0.4, 0.5) is 23.4 Å². The van der Waals surface area contributed by atoms with Crippen LogP contribution in [0.15, 0.2) is 47.3 Å². The number of H-pyrrole nitrogens is 1. The van der Waals surface area contributed by atoms with Crippen molar-refractivity contribution in [2.75, 3.05) is 12.8 Å². The number of anilines is 1. The molecular weight excluding hydrogens is 496 g/mol. The molecule has 1 fully saturated rings. The third-order valence-electron chi connectivity index (χ3n) is 6.38. The van der Waals surface area contributed by atoms with E-state index in [1.807, 2.05) is 0 Å². The molecule has 37 heavy (non-hydrogen) atoms. The summed E-state index contributed by atoms with van der Waals surface area (Å²) in [5, 5.41) is 12.7. The van der Waals surface area contributed by atoms with Crippen LogP contribution < -0.4 is 21.3 Å². The highest BCUT2D eigenvalue weighted by molar-refractivity contribution is 6.00. The normalized spacial score (nSPS) is 14.5. The van der Waals surface area contributed by atoms with Gasteiger partial charge >= 0.3 is 6.18 Å². The minimum absolute atomic E-state index is 0.0264. The molecule has 4 aromatic rings. The molecule has 1 aliphatic carbocycles. The van der Waals surface area contributed by atoms with E-state index in [4.69, 9.17) is 10.5 Å². The average molecular weight is 516 g/mol. The molecule has 0 unspecified atom stereocenters. The predicted octanol–water partition coefficient (Wildman–Crippen LogP) is 3.50.